The Balaban J connectivity index is 1.33. The lowest BCUT2D eigenvalue weighted by Gasteiger charge is -2.37. The maximum atomic E-state index is 14.7. The third-order valence-electron chi connectivity index (χ3n) is 9.39. The fraction of sp³-hybridized carbons (Fsp3) is 0.441. The maximum absolute atomic E-state index is 14.7. The summed E-state index contributed by atoms with van der Waals surface area (Å²) in [5.41, 5.74) is 2.55. The highest BCUT2D eigenvalue weighted by Gasteiger charge is 2.74. The molecule has 1 spiro atoms. The van der Waals surface area contributed by atoms with E-state index in [2.05, 4.69) is 23.5 Å². The zero-order valence-electron chi connectivity index (χ0n) is 25.4. The van der Waals surface area contributed by atoms with Crippen LogP contribution >= 0.6 is 11.8 Å². The molecular formula is C34H40N6O4S. The molecule has 5 atom stereocenters. The van der Waals surface area contributed by atoms with Crippen molar-refractivity contribution in [3.8, 4) is 0 Å². The van der Waals surface area contributed by atoms with E-state index >= 15 is 0 Å². The summed E-state index contributed by atoms with van der Waals surface area (Å²) in [5.74, 6) is -1.50. The van der Waals surface area contributed by atoms with E-state index in [-0.39, 0.29) is 42.8 Å². The molecule has 3 saturated heterocycles. The summed E-state index contributed by atoms with van der Waals surface area (Å²) in [5, 5.41) is 18.0. The van der Waals surface area contributed by atoms with E-state index in [1.165, 1.54) is 0 Å². The van der Waals surface area contributed by atoms with Gasteiger partial charge in [-0.15, -0.1) is 30.0 Å². The number of thioether (sulfide) groups is 1. The molecule has 10 nitrogen and oxygen atoms in total. The van der Waals surface area contributed by atoms with Crippen LogP contribution in [-0.2, 0) is 27.6 Å². The number of para-hydroxylation sites is 1. The first-order valence-corrected chi connectivity index (χ1v) is 16.5. The van der Waals surface area contributed by atoms with Crippen molar-refractivity contribution in [1.82, 2.24) is 29.7 Å². The van der Waals surface area contributed by atoms with E-state index in [1.807, 2.05) is 54.6 Å². The van der Waals surface area contributed by atoms with Gasteiger partial charge in [0.1, 0.15) is 18.2 Å². The first kappa shape index (κ1) is 31.0. The first-order chi connectivity index (χ1) is 21.9. The summed E-state index contributed by atoms with van der Waals surface area (Å²) in [6, 6.07) is 16.7. The van der Waals surface area contributed by atoms with Crippen molar-refractivity contribution in [2.24, 2.45) is 11.8 Å². The van der Waals surface area contributed by atoms with Crippen LogP contribution in [0.5, 0.6) is 0 Å². The lowest BCUT2D eigenvalue weighted by molar-refractivity contribution is -0.145. The van der Waals surface area contributed by atoms with Gasteiger partial charge in [0.15, 0.2) is 0 Å². The van der Waals surface area contributed by atoms with E-state index < -0.39 is 22.6 Å². The first-order valence-electron chi connectivity index (χ1n) is 15.6. The second-order valence-corrected chi connectivity index (χ2v) is 13.7. The predicted molar refractivity (Wildman–Crippen MR) is 174 cm³/mol. The molecule has 11 heteroatoms. The highest BCUT2D eigenvalue weighted by molar-refractivity contribution is 8.02. The average molecular weight is 629 g/mol. The number of amides is 3. The molecule has 1 N–H and O–H groups in total. The summed E-state index contributed by atoms with van der Waals surface area (Å²) in [7, 11) is 0. The summed E-state index contributed by atoms with van der Waals surface area (Å²) in [6.07, 6.45) is 5.94. The Hall–Kier alpha value is -3.96. The van der Waals surface area contributed by atoms with Crippen molar-refractivity contribution in [3.05, 3.63) is 85.5 Å². The van der Waals surface area contributed by atoms with E-state index in [1.54, 1.807) is 43.3 Å². The van der Waals surface area contributed by atoms with Gasteiger partial charge in [-0.3, -0.25) is 14.4 Å². The second-order valence-electron chi connectivity index (χ2n) is 12.1. The number of rotatable bonds is 14. The van der Waals surface area contributed by atoms with Crippen molar-refractivity contribution < 1.29 is 19.5 Å². The third kappa shape index (κ3) is 5.56. The fourth-order valence-corrected chi connectivity index (χ4v) is 9.69. The highest BCUT2D eigenvalue weighted by atomic mass is 32.2. The van der Waals surface area contributed by atoms with Gasteiger partial charge >= 0.3 is 0 Å². The van der Waals surface area contributed by atoms with E-state index in [0.29, 0.717) is 38.9 Å². The lowest BCUT2D eigenvalue weighted by Crippen LogP contribution is -2.55. The number of nitrogens with zero attached hydrogens (tertiary/aromatic N) is 6. The Labute approximate surface area is 267 Å². The van der Waals surface area contributed by atoms with Crippen LogP contribution in [-0.4, -0.2) is 94.8 Å². The standard InChI is InChI=1S/C34H40N6O4S/c1-3-18-37(22-24-12-6-5-7-13-24)31(42)28-27-16-17-34(45-27)29(28)32(43)39(20-10-11-21-41)30(34)33(44)38(19-4-2)23-40-26-15-9-8-14-25(26)35-36-40/h3-9,12-15,27-30,41H,1-2,10-11,16-23H2/t27-,28+,29+,30?,34?/m1/s1. The largest absolute Gasteiger partial charge is 0.396 e. The van der Waals surface area contributed by atoms with Crippen molar-refractivity contribution in [2.75, 3.05) is 26.2 Å². The molecule has 0 saturated carbocycles. The number of benzene rings is 2. The van der Waals surface area contributed by atoms with Gasteiger partial charge in [-0.1, -0.05) is 59.8 Å². The Bertz CT molecular complexity index is 1580. The van der Waals surface area contributed by atoms with E-state index in [9.17, 15) is 19.5 Å². The van der Waals surface area contributed by atoms with Gasteiger partial charge in [-0.25, -0.2) is 4.68 Å². The lowest BCUT2D eigenvalue weighted by atomic mass is 9.70. The average Bonchev–Trinajstić information content (AvgIpc) is 3.80. The molecule has 3 aliphatic rings. The van der Waals surface area contributed by atoms with E-state index in [0.717, 1.165) is 23.0 Å². The second kappa shape index (κ2) is 13.2. The topological polar surface area (TPSA) is 112 Å². The summed E-state index contributed by atoms with van der Waals surface area (Å²) < 4.78 is 0.982. The molecule has 3 amide bonds. The van der Waals surface area contributed by atoms with Crippen LogP contribution < -0.4 is 0 Å². The zero-order valence-corrected chi connectivity index (χ0v) is 26.2. The summed E-state index contributed by atoms with van der Waals surface area (Å²) in [6.45, 7) is 9.36. The Morgan fingerprint density at radius 1 is 1.02 bits per heavy atom. The number of hydrogen-bond donors (Lipinski definition) is 1. The van der Waals surface area contributed by atoms with Crippen LogP contribution in [0.3, 0.4) is 0 Å². The molecule has 0 aliphatic carbocycles. The normalized spacial score (nSPS) is 25.0. The Morgan fingerprint density at radius 3 is 2.51 bits per heavy atom. The molecular weight excluding hydrogens is 588 g/mol. The van der Waals surface area contributed by atoms with Crippen molar-refractivity contribution in [3.63, 3.8) is 0 Å². The zero-order chi connectivity index (χ0) is 31.6. The van der Waals surface area contributed by atoms with Gasteiger partial charge in [0.25, 0.3) is 0 Å². The number of unbranched alkanes of at least 4 members (excludes halogenated alkanes) is 1. The number of likely N-dealkylation sites (tertiary alicyclic amines) is 1. The maximum Gasteiger partial charge on any atom is 0.248 e. The molecule has 3 aromatic rings. The molecule has 2 bridgehead atoms. The molecule has 45 heavy (non-hydrogen) atoms. The molecule has 0 radical (unpaired) electrons. The molecule has 236 valence electrons. The van der Waals surface area contributed by atoms with Crippen LogP contribution in [0, 0.1) is 11.8 Å². The van der Waals surface area contributed by atoms with Gasteiger partial charge in [-0.05, 0) is 43.4 Å². The highest BCUT2D eigenvalue weighted by Crippen LogP contribution is 2.66. The van der Waals surface area contributed by atoms with Crippen LogP contribution in [0.1, 0.15) is 31.2 Å². The third-order valence-corrected chi connectivity index (χ3v) is 11.3. The molecule has 2 unspecified atom stereocenters. The van der Waals surface area contributed by atoms with E-state index in [4.69, 9.17) is 0 Å². The van der Waals surface area contributed by atoms with Gasteiger partial charge in [0.2, 0.25) is 17.7 Å². The monoisotopic (exact) mass is 628 g/mol. The van der Waals surface area contributed by atoms with Gasteiger partial charge in [-0.2, -0.15) is 0 Å². The number of aliphatic hydroxyl groups excluding tert-OH is 1. The molecule has 3 fully saturated rings. The minimum absolute atomic E-state index is 0.00507. The van der Waals surface area contributed by atoms with Gasteiger partial charge < -0.3 is 19.8 Å². The minimum Gasteiger partial charge on any atom is -0.396 e. The molecule has 6 rings (SSSR count). The molecule has 3 aliphatic heterocycles. The van der Waals surface area contributed by atoms with Gasteiger partial charge in [0.05, 0.1) is 22.1 Å². The van der Waals surface area contributed by atoms with Gasteiger partial charge in [0, 0.05) is 38.0 Å². The van der Waals surface area contributed by atoms with Crippen LogP contribution in [0.4, 0.5) is 0 Å². The quantitative estimate of drug-likeness (QED) is 0.215. The molecule has 1 aromatic heterocycles. The van der Waals surface area contributed by atoms with Crippen molar-refractivity contribution in [1.29, 1.82) is 0 Å². The number of hydrogen-bond acceptors (Lipinski definition) is 7. The Kier molecular flexibility index (Phi) is 9.09. The predicted octanol–water partition coefficient (Wildman–Crippen LogP) is 3.48. The summed E-state index contributed by atoms with van der Waals surface area (Å²) in [4.78, 5) is 48.7. The number of carbonyl (C=O) groups is 3. The fourth-order valence-electron chi connectivity index (χ4n) is 7.48. The number of carbonyl (C=O) groups excluding carboxylic acids is 3. The smallest absolute Gasteiger partial charge is 0.248 e. The SMILES string of the molecule is C=CCN(Cn1nnc2ccccc21)C(=O)C1N(CCCCO)C(=O)[C@@H]2[C@@H](C(=O)N(CC=C)Cc3ccccc3)[C@H]3CCC12S3. The molecule has 2 aromatic carbocycles. The van der Waals surface area contributed by atoms with Crippen molar-refractivity contribution >= 4 is 40.5 Å². The van der Waals surface area contributed by atoms with Crippen LogP contribution in [0.2, 0.25) is 0 Å². The number of aromatic nitrogens is 3. The summed E-state index contributed by atoms with van der Waals surface area (Å²) >= 11 is 1.66. The van der Waals surface area contributed by atoms with Crippen LogP contribution in [0.15, 0.2) is 79.9 Å². The molecule has 4 heterocycles. The Morgan fingerprint density at radius 2 is 1.76 bits per heavy atom. The van der Waals surface area contributed by atoms with Crippen molar-refractivity contribution in [2.45, 2.75) is 54.9 Å². The number of fused-ring (bicyclic) bond motifs is 2. The van der Waals surface area contributed by atoms with Crippen LogP contribution in [0.25, 0.3) is 11.0 Å². The number of aliphatic hydroxyl groups is 1. The minimum atomic E-state index is -0.738.